The fourth-order valence-corrected chi connectivity index (χ4v) is 2.90. The summed E-state index contributed by atoms with van der Waals surface area (Å²) in [5, 5.41) is 0. The van der Waals surface area contributed by atoms with Crippen LogP contribution in [0.2, 0.25) is 0 Å². The van der Waals surface area contributed by atoms with Crippen LogP contribution in [-0.2, 0) is 13.0 Å². The van der Waals surface area contributed by atoms with Crippen LogP contribution in [0.3, 0.4) is 0 Å². The van der Waals surface area contributed by atoms with Gasteiger partial charge in [-0.15, -0.1) is 0 Å². The van der Waals surface area contributed by atoms with E-state index in [1.165, 1.54) is 22.5 Å². The maximum atomic E-state index is 5.85. The van der Waals surface area contributed by atoms with E-state index < -0.39 is 0 Å². The first kappa shape index (κ1) is 11.8. The van der Waals surface area contributed by atoms with Crippen LogP contribution in [0.4, 0.5) is 11.4 Å². The van der Waals surface area contributed by atoms with Crippen molar-refractivity contribution in [2.24, 2.45) is 5.73 Å². The maximum absolute atomic E-state index is 5.85. The molecule has 0 atom stereocenters. The van der Waals surface area contributed by atoms with Gasteiger partial charge in [0.15, 0.2) is 0 Å². The highest BCUT2D eigenvalue weighted by Crippen LogP contribution is 2.37. The Bertz CT molecular complexity index is 580. The van der Waals surface area contributed by atoms with Crippen molar-refractivity contribution >= 4 is 27.3 Å². The van der Waals surface area contributed by atoms with Crippen LogP contribution in [0, 0.1) is 0 Å². The summed E-state index contributed by atoms with van der Waals surface area (Å²) in [6.45, 7) is 1.60. The topological polar surface area (TPSA) is 29.3 Å². The van der Waals surface area contributed by atoms with Gasteiger partial charge in [0.25, 0.3) is 0 Å². The highest BCUT2D eigenvalue weighted by atomic mass is 79.9. The fraction of sp³-hybridized carbons (Fsp3) is 0.200. The lowest BCUT2D eigenvalue weighted by Gasteiger charge is -2.22. The minimum atomic E-state index is 0.571. The summed E-state index contributed by atoms with van der Waals surface area (Å²) < 4.78 is 1.10. The molecule has 92 valence electrons. The Labute approximate surface area is 116 Å². The monoisotopic (exact) mass is 302 g/mol. The Morgan fingerprint density at radius 2 is 1.94 bits per heavy atom. The third-order valence-corrected chi connectivity index (χ3v) is 3.94. The number of anilines is 2. The van der Waals surface area contributed by atoms with Crippen molar-refractivity contribution in [3.8, 4) is 0 Å². The van der Waals surface area contributed by atoms with Gasteiger partial charge in [0.1, 0.15) is 0 Å². The molecule has 0 saturated carbocycles. The largest absolute Gasteiger partial charge is 0.341 e. The van der Waals surface area contributed by atoms with Gasteiger partial charge in [-0.1, -0.05) is 40.2 Å². The molecule has 0 amide bonds. The molecule has 2 nitrogen and oxygen atoms in total. The molecular weight excluding hydrogens is 288 g/mol. The second-order valence-corrected chi connectivity index (χ2v) is 5.42. The molecule has 2 aromatic rings. The number of rotatable bonds is 2. The van der Waals surface area contributed by atoms with Gasteiger partial charge >= 0.3 is 0 Å². The number of nitrogens with two attached hydrogens (primary N) is 1. The van der Waals surface area contributed by atoms with Crippen molar-refractivity contribution in [1.82, 2.24) is 0 Å². The lowest BCUT2D eigenvalue weighted by molar-refractivity contribution is 0.971. The van der Waals surface area contributed by atoms with Crippen molar-refractivity contribution in [3.05, 3.63) is 58.1 Å². The Balaban J connectivity index is 2.09. The molecular formula is C15H15BrN2. The number of halogens is 1. The number of nitrogens with zero attached hydrogens (tertiary/aromatic N) is 1. The SMILES string of the molecule is NCc1ccc(Br)cc1N1CCc2ccccc21. The van der Waals surface area contributed by atoms with Crippen LogP contribution in [0.5, 0.6) is 0 Å². The fourth-order valence-electron chi connectivity index (χ4n) is 2.55. The minimum Gasteiger partial charge on any atom is -0.341 e. The average molecular weight is 303 g/mol. The summed E-state index contributed by atoms with van der Waals surface area (Å²) in [5.74, 6) is 0. The first-order chi connectivity index (χ1) is 8.79. The molecule has 0 bridgehead atoms. The molecule has 2 aromatic carbocycles. The lowest BCUT2D eigenvalue weighted by Crippen LogP contribution is -2.16. The number of hydrogen-bond acceptors (Lipinski definition) is 2. The van der Waals surface area contributed by atoms with Gasteiger partial charge < -0.3 is 10.6 Å². The van der Waals surface area contributed by atoms with Crippen LogP contribution in [0.15, 0.2) is 46.9 Å². The summed E-state index contributed by atoms with van der Waals surface area (Å²) in [5.41, 5.74) is 11.0. The van der Waals surface area contributed by atoms with E-state index in [0.717, 1.165) is 17.4 Å². The number of para-hydroxylation sites is 1. The summed E-state index contributed by atoms with van der Waals surface area (Å²) >= 11 is 3.55. The van der Waals surface area contributed by atoms with E-state index in [-0.39, 0.29) is 0 Å². The van der Waals surface area contributed by atoms with E-state index in [4.69, 9.17) is 5.73 Å². The number of hydrogen-bond donors (Lipinski definition) is 1. The van der Waals surface area contributed by atoms with Gasteiger partial charge in [0.05, 0.1) is 0 Å². The first-order valence-electron chi connectivity index (χ1n) is 6.13. The average Bonchev–Trinajstić information content (AvgIpc) is 2.82. The normalized spacial score (nSPS) is 13.8. The van der Waals surface area contributed by atoms with Crippen molar-refractivity contribution in [2.45, 2.75) is 13.0 Å². The molecule has 0 unspecified atom stereocenters. The number of fused-ring (bicyclic) bond motifs is 1. The molecule has 0 radical (unpaired) electrons. The lowest BCUT2D eigenvalue weighted by atomic mass is 10.1. The molecule has 18 heavy (non-hydrogen) atoms. The molecule has 0 saturated heterocycles. The molecule has 0 fully saturated rings. The highest BCUT2D eigenvalue weighted by Gasteiger charge is 2.21. The second kappa shape index (κ2) is 4.75. The third-order valence-electron chi connectivity index (χ3n) is 3.45. The number of benzene rings is 2. The molecule has 0 aliphatic carbocycles. The van der Waals surface area contributed by atoms with E-state index in [2.05, 4.69) is 57.2 Å². The molecule has 2 N–H and O–H groups in total. The van der Waals surface area contributed by atoms with Crippen LogP contribution < -0.4 is 10.6 Å². The van der Waals surface area contributed by atoms with Crippen molar-refractivity contribution < 1.29 is 0 Å². The van der Waals surface area contributed by atoms with Gasteiger partial charge in [-0.25, -0.2) is 0 Å². The quantitative estimate of drug-likeness (QED) is 0.918. The molecule has 0 spiro atoms. The van der Waals surface area contributed by atoms with Gasteiger partial charge in [0.2, 0.25) is 0 Å². The smallest absolute Gasteiger partial charge is 0.0467 e. The van der Waals surface area contributed by atoms with Crippen molar-refractivity contribution in [3.63, 3.8) is 0 Å². The van der Waals surface area contributed by atoms with E-state index in [1.807, 2.05) is 6.07 Å². The summed E-state index contributed by atoms with van der Waals surface area (Å²) in [7, 11) is 0. The van der Waals surface area contributed by atoms with Crippen LogP contribution >= 0.6 is 15.9 Å². The van der Waals surface area contributed by atoms with Crippen LogP contribution in [0.25, 0.3) is 0 Å². The van der Waals surface area contributed by atoms with Crippen molar-refractivity contribution in [2.75, 3.05) is 11.4 Å². The van der Waals surface area contributed by atoms with Crippen LogP contribution in [-0.4, -0.2) is 6.54 Å². The van der Waals surface area contributed by atoms with Crippen molar-refractivity contribution in [1.29, 1.82) is 0 Å². The highest BCUT2D eigenvalue weighted by molar-refractivity contribution is 9.10. The van der Waals surface area contributed by atoms with Gasteiger partial charge in [-0.05, 0) is 35.7 Å². The van der Waals surface area contributed by atoms with E-state index in [0.29, 0.717) is 6.54 Å². The standard InChI is InChI=1S/C15H15BrN2/c16-13-6-5-12(10-17)15(9-13)18-8-7-11-3-1-2-4-14(11)18/h1-6,9H,7-8,10,17H2. The zero-order valence-corrected chi connectivity index (χ0v) is 11.7. The molecule has 1 aliphatic heterocycles. The van der Waals surface area contributed by atoms with Gasteiger partial charge in [-0.2, -0.15) is 0 Å². The Hall–Kier alpha value is -1.32. The Kier molecular flexibility index (Phi) is 3.10. The van der Waals surface area contributed by atoms with Gasteiger partial charge in [-0.3, -0.25) is 0 Å². The molecule has 0 aromatic heterocycles. The predicted molar refractivity (Wildman–Crippen MR) is 79.2 cm³/mol. The zero-order chi connectivity index (χ0) is 12.5. The predicted octanol–water partition coefficient (Wildman–Crippen LogP) is 3.60. The summed E-state index contributed by atoms with van der Waals surface area (Å²) in [6, 6.07) is 14.9. The Morgan fingerprint density at radius 3 is 2.78 bits per heavy atom. The minimum absolute atomic E-state index is 0.571. The summed E-state index contributed by atoms with van der Waals surface area (Å²) in [6.07, 6.45) is 1.10. The molecule has 1 heterocycles. The molecule has 3 heteroatoms. The maximum Gasteiger partial charge on any atom is 0.0467 e. The first-order valence-corrected chi connectivity index (χ1v) is 6.93. The van der Waals surface area contributed by atoms with E-state index in [1.54, 1.807) is 0 Å². The van der Waals surface area contributed by atoms with Crippen LogP contribution in [0.1, 0.15) is 11.1 Å². The third kappa shape index (κ3) is 1.93. The second-order valence-electron chi connectivity index (χ2n) is 4.51. The molecule has 1 aliphatic rings. The van der Waals surface area contributed by atoms with E-state index >= 15 is 0 Å². The summed E-state index contributed by atoms with van der Waals surface area (Å²) in [4.78, 5) is 2.36. The Morgan fingerprint density at radius 1 is 1.11 bits per heavy atom. The van der Waals surface area contributed by atoms with E-state index in [9.17, 15) is 0 Å². The molecule has 3 rings (SSSR count). The zero-order valence-electron chi connectivity index (χ0n) is 10.1. The van der Waals surface area contributed by atoms with Gasteiger partial charge in [0, 0.05) is 28.9 Å².